The third-order valence-electron chi connectivity index (χ3n) is 4.36. The van der Waals surface area contributed by atoms with Crippen molar-refractivity contribution in [1.82, 2.24) is 0 Å². The quantitative estimate of drug-likeness (QED) is 0.735. The Labute approximate surface area is 155 Å². The van der Waals surface area contributed by atoms with Crippen LogP contribution in [0.5, 0.6) is 11.5 Å². The third kappa shape index (κ3) is 3.28. The van der Waals surface area contributed by atoms with E-state index in [1.807, 2.05) is 11.0 Å². The van der Waals surface area contributed by atoms with E-state index in [1.54, 1.807) is 12.1 Å². The second-order valence-electron chi connectivity index (χ2n) is 6.22. The van der Waals surface area contributed by atoms with Gasteiger partial charge in [-0.2, -0.15) is 4.99 Å². The number of amidine groups is 1. The lowest BCUT2D eigenvalue weighted by atomic mass is 10.2. The summed E-state index contributed by atoms with van der Waals surface area (Å²) in [6, 6.07) is 5.16. The van der Waals surface area contributed by atoms with E-state index < -0.39 is 15.7 Å². The van der Waals surface area contributed by atoms with Crippen molar-refractivity contribution in [3.05, 3.63) is 18.2 Å². The average molecular weight is 398 g/mol. The van der Waals surface area contributed by atoms with E-state index in [1.165, 1.54) is 18.9 Å². The Kier molecular flexibility index (Phi) is 4.57. The van der Waals surface area contributed by atoms with Gasteiger partial charge in [-0.05, 0) is 12.1 Å². The largest absolute Gasteiger partial charge is 0.486 e. The van der Waals surface area contributed by atoms with Crippen LogP contribution in [0, 0.1) is 0 Å². The molecule has 4 rings (SSSR count). The van der Waals surface area contributed by atoms with Gasteiger partial charge in [-0.1, -0.05) is 11.8 Å². The second-order valence-corrected chi connectivity index (χ2v) is 9.58. The number of anilines is 1. The highest BCUT2D eigenvalue weighted by molar-refractivity contribution is 8.16. The molecule has 8 nitrogen and oxygen atoms in total. The fraction of sp³-hybridized carbons (Fsp3) is 0.500. The number of ether oxygens (including phenoxy) is 3. The molecule has 3 aliphatic heterocycles. The van der Waals surface area contributed by atoms with E-state index in [-0.39, 0.29) is 29.4 Å². The van der Waals surface area contributed by atoms with Crippen molar-refractivity contribution in [2.45, 2.75) is 11.3 Å². The first kappa shape index (κ1) is 17.6. The number of sulfone groups is 1. The summed E-state index contributed by atoms with van der Waals surface area (Å²) in [5.74, 6) is 0.972. The number of thioether (sulfide) groups is 1. The summed E-state index contributed by atoms with van der Waals surface area (Å²) in [4.78, 5) is 17.9. The molecule has 1 aromatic carbocycles. The fourth-order valence-corrected chi connectivity index (χ4v) is 7.24. The molecule has 3 aliphatic rings. The highest BCUT2D eigenvalue weighted by atomic mass is 32.2. The highest BCUT2D eigenvalue weighted by Crippen LogP contribution is 2.43. The molecule has 1 amide bonds. The molecule has 140 valence electrons. The Balaban J connectivity index is 1.72. The summed E-state index contributed by atoms with van der Waals surface area (Å²) < 4.78 is 40.2. The summed E-state index contributed by atoms with van der Waals surface area (Å²) in [6.07, 6.45) is 0. The number of fused-ring (bicyclic) bond motifs is 2. The minimum atomic E-state index is -3.11. The van der Waals surface area contributed by atoms with Gasteiger partial charge in [0.1, 0.15) is 19.8 Å². The van der Waals surface area contributed by atoms with Crippen LogP contribution in [0.1, 0.15) is 0 Å². The summed E-state index contributed by atoms with van der Waals surface area (Å²) in [5, 5.41) is 0.343. The maximum absolute atomic E-state index is 12.1. The Morgan fingerprint density at radius 2 is 2.08 bits per heavy atom. The van der Waals surface area contributed by atoms with Crippen molar-refractivity contribution in [3.8, 4) is 11.5 Å². The van der Waals surface area contributed by atoms with Crippen molar-refractivity contribution in [3.63, 3.8) is 0 Å². The van der Waals surface area contributed by atoms with Crippen LogP contribution in [0.3, 0.4) is 0 Å². The maximum atomic E-state index is 12.1. The maximum Gasteiger partial charge on any atom is 0.274 e. The van der Waals surface area contributed by atoms with Gasteiger partial charge in [-0.15, -0.1) is 0 Å². The molecule has 0 unspecified atom stereocenters. The number of rotatable bonds is 3. The molecule has 0 aromatic heterocycles. The smallest absolute Gasteiger partial charge is 0.274 e. The zero-order valence-corrected chi connectivity index (χ0v) is 15.7. The van der Waals surface area contributed by atoms with Gasteiger partial charge in [0.2, 0.25) is 0 Å². The van der Waals surface area contributed by atoms with Crippen molar-refractivity contribution in [2.24, 2.45) is 4.99 Å². The zero-order chi connectivity index (χ0) is 18.3. The van der Waals surface area contributed by atoms with Gasteiger partial charge in [-0.3, -0.25) is 4.79 Å². The van der Waals surface area contributed by atoms with Crippen LogP contribution in [-0.4, -0.2) is 69.2 Å². The number of hydrogen-bond acceptors (Lipinski definition) is 7. The van der Waals surface area contributed by atoms with E-state index in [0.29, 0.717) is 29.9 Å². The molecule has 2 fully saturated rings. The number of amides is 1. The van der Waals surface area contributed by atoms with E-state index in [0.717, 1.165) is 5.69 Å². The van der Waals surface area contributed by atoms with Crippen LogP contribution < -0.4 is 14.4 Å². The highest BCUT2D eigenvalue weighted by Gasteiger charge is 2.49. The lowest BCUT2D eigenvalue weighted by Crippen LogP contribution is -2.38. The Morgan fingerprint density at radius 1 is 1.31 bits per heavy atom. The van der Waals surface area contributed by atoms with Gasteiger partial charge in [0.05, 0.1) is 17.5 Å². The molecule has 0 radical (unpaired) electrons. The van der Waals surface area contributed by atoms with Gasteiger partial charge >= 0.3 is 0 Å². The molecule has 10 heteroatoms. The molecule has 1 aromatic rings. The molecule has 3 heterocycles. The molecule has 2 atom stereocenters. The Morgan fingerprint density at radius 3 is 2.85 bits per heavy atom. The number of carbonyl (C=O) groups is 1. The molecule has 26 heavy (non-hydrogen) atoms. The third-order valence-corrected chi connectivity index (χ3v) is 7.57. The molecular formula is C16H18N2O6S2. The van der Waals surface area contributed by atoms with Crippen molar-refractivity contribution in [1.29, 1.82) is 0 Å². The van der Waals surface area contributed by atoms with Crippen LogP contribution >= 0.6 is 11.8 Å². The lowest BCUT2D eigenvalue weighted by molar-refractivity contribution is -0.121. The number of benzene rings is 1. The average Bonchev–Trinajstić information content (AvgIpc) is 3.05. The van der Waals surface area contributed by atoms with Crippen LogP contribution in [-0.2, 0) is 19.4 Å². The number of carbonyl (C=O) groups excluding carboxylic acids is 1. The van der Waals surface area contributed by atoms with E-state index >= 15 is 0 Å². The number of aliphatic imine (C=N–C) groups is 1. The van der Waals surface area contributed by atoms with Crippen molar-refractivity contribution >= 4 is 38.4 Å². The first-order valence-corrected chi connectivity index (χ1v) is 10.8. The molecule has 0 saturated carbocycles. The summed E-state index contributed by atoms with van der Waals surface area (Å²) in [7, 11) is -1.68. The first-order chi connectivity index (χ1) is 12.5. The number of nitrogens with zero attached hydrogens (tertiary/aromatic N) is 2. The molecule has 0 N–H and O–H groups in total. The van der Waals surface area contributed by atoms with Crippen LogP contribution in [0.15, 0.2) is 23.2 Å². The van der Waals surface area contributed by atoms with Crippen molar-refractivity contribution in [2.75, 3.05) is 43.3 Å². The van der Waals surface area contributed by atoms with Gasteiger partial charge < -0.3 is 19.1 Å². The predicted octanol–water partition coefficient (Wildman–Crippen LogP) is 0.706. The Hall–Kier alpha value is -1.78. The van der Waals surface area contributed by atoms with E-state index in [2.05, 4.69) is 4.99 Å². The minimum absolute atomic E-state index is 0.0383. The number of hydrogen-bond donors (Lipinski definition) is 0. The van der Waals surface area contributed by atoms with Gasteiger partial charge in [0.25, 0.3) is 5.91 Å². The van der Waals surface area contributed by atoms with Crippen LogP contribution in [0.25, 0.3) is 0 Å². The van der Waals surface area contributed by atoms with Gasteiger partial charge in [0.15, 0.2) is 26.5 Å². The topological polar surface area (TPSA) is 94.5 Å². The van der Waals surface area contributed by atoms with Gasteiger partial charge in [-0.25, -0.2) is 8.42 Å². The van der Waals surface area contributed by atoms with Crippen LogP contribution in [0.2, 0.25) is 0 Å². The molecule has 2 saturated heterocycles. The van der Waals surface area contributed by atoms with E-state index in [9.17, 15) is 13.2 Å². The molecule has 0 aliphatic carbocycles. The normalized spacial score (nSPS) is 27.6. The molecule has 0 spiro atoms. The Bertz CT molecular complexity index is 869. The SMILES string of the molecule is COCC(=O)N=C1S[C@@H]2CS(=O)(=O)C[C@H]2N1c1ccc2c(c1)OCCO2. The number of methoxy groups -OCH3 is 1. The summed E-state index contributed by atoms with van der Waals surface area (Å²) >= 11 is 1.33. The van der Waals surface area contributed by atoms with Crippen LogP contribution in [0.4, 0.5) is 5.69 Å². The lowest BCUT2D eigenvalue weighted by Gasteiger charge is -2.26. The predicted molar refractivity (Wildman–Crippen MR) is 98.0 cm³/mol. The second kappa shape index (κ2) is 6.75. The molecule has 0 bridgehead atoms. The fourth-order valence-electron chi connectivity index (χ4n) is 3.31. The standard InChI is InChI=1S/C16H18N2O6S2/c1-22-7-15(19)17-16-18(11-8-26(20,21)9-14(11)25-16)10-2-3-12-13(6-10)24-5-4-23-12/h2-3,6,11,14H,4-5,7-9H2,1H3/t11-,14-/m1/s1. The summed E-state index contributed by atoms with van der Waals surface area (Å²) in [5.41, 5.74) is 0.732. The monoisotopic (exact) mass is 398 g/mol. The van der Waals surface area contributed by atoms with E-state index in [4.69, 9.17) is 14.2 Å². The van der Waals surface area contributed by atoms with Crippen molar-refractivity contribution < 1.29 is 27.4 Å². The summed E-state index contributed by atoms with van der Waals surface area (Å²) in [6.45, 7) is 0.832. The first-order valence-electron chi connectivity index (χ1n) is 8.13. The van der Waals surface area contributed by atoms with Gasteiger partial charge in [0, 0.05) is 24.1 Å². The molecular weight excluding hydrogens is 380 g/mol. The zero-order valence-electron chi connectivity index (χ0n) is 14.1. The minimum Gasteiger partial charge on any atom is -0.486 e.